The van der Waals surface area contributed by atoms with E-state index in [1.54, 1.807) is 6.20 Å². The predicted octanol–water partition coefficient (Wildman–Crippen LogP) is 2.02. The quantitative estimate of drug-likeness (QED) is 0.745. The van der Waals surface area contributed by atoms with E-state index in [2.05, 4.69) is 15.3 Å². The minimum Gasteiger partial charge on any atom is -0.380 e. The van der Waals surface area contributed by atoms with Gasteiger partial charge in [-0.15, -0.1) is 0 Å². The number of hydrogen-bond acceptors (Lipinski definition) is 2. The SMILES string of the molecule is c1cncc(CNc2cc[nH]c2)c1. The molecule has 0 saturated heterocycles. The standard InChI is InChI=1S/C10H11N3/c1-2-9(6-11-4-1)7-13-10-3-5-12-8-10/h1-6,8,12-13H,7H2. The average molecular weight is 173 g/mol. The van der Waals surface area contributed by atoms with Gasteiger partial charge in [0.05, 0.1) is 5.69 Å². The van der Waals surface area contributed by atoms with Crippen LogP contribution in [0.25, 0.3) is 0 Å². The Kier molecular flexibility index (Phi) is 2.27. The van der Waals surface area contributed by atoms with Crippen LogP contribution in [0, 0.1) is 0 Å². The van der Waals surface area contributed by atoms with Crippen LogP contribution in [0.3, 0.4) is 0 Å². The van der Waals surface area contributed by atoms with Crippen LogP contribution in [-0.2, 0) is 6.54 Å². The summed E-state index contributed by atoms with van der Waals surface area (Å²) in [7, 11) is 0. The molecule has 0 aliphatic heterocycles. The molecule has 0 spiro atoms. The van der Waals surface area contributed by atoms with E-state index in [9.17, 15) is 0 Å². The van der Waals surface area contributed by atoms with Crippen LogP contribution < -0.4 is 5.32 Å². The van der Waals surface area contributed by atoms with Crippen molar-refractivity contribution in [2.24, 2.45) is 0 Å². The molecule has 0 atom stereocenters. The van der Waals surface area contributed by atoms with Crippen molar-refractivity contribution in [2.45, 2.75) is 6.54 Å². The van der Waals surface area contributed by atoms with Gasteiger partial charge in [0, 0.05) is 31.3 Å². The first kappa shape index (κ1) is 7.86. The van der Waals surface area contributed by atoms with Gasteiger partial charge in [-0.25, -0.2) is 0 Å². The number of nitrogens with one attached hydrogen (secondary N) is 2. The Morgan fingerprint density at radius 2 is 2.38 bits per heavy atom. The van der Waals surface area contributed by atoms with Crippen LogP contribution in [-0.4, -0.2) is 9.97 Å². The Labute approximate surface area is 76.8 Å². The first-order valence-corrected chi connectivity index (χ1v) is 4.21. The highest BCUT2D eigenvalue weighted by Gasteiger charge is 1.92. The number of anilines is 1. The molecule has 2 N–H and O–H groups in total. The smallest absolute Gasteiger partial charge is 0.0520 e. The number of nitrogens with zero attached hydrogens (tertiary/aromatic N) is 1. The number of rotatable bonds is 3. The minimum atomic E-state index is 0.811. The molecule has 13 heavy (non-hydrogen) atoms. The van der Waals surface area contributed by atoms with Gasteiger partial charge in [0.25, 0.3) is 0 Å². The zero-order chi connectivity index (χ0) is 8.93. The first-order valence-electron chi connectivity index (χ1n) is 4.21. The lowest BCUT2D eigenvalue weighted by Gasteiger charge is -2.02. The zero-order valence-electron chi connectivity index (χ0n) is 7.20. The molecular formula is C10H11N3. The number of aromatic nitrogens is 2. The molecule has 2 rings (SSSR count). The lowest BCUT2D eigenvalue weighted by atomic mass is 10.3. The fourth-order valence-electron chi connectivity index (χ4n) is 1.14. The molecule has 0 radical (unpaired) electrons. The summed E-state index contributed by atoms with van der Waals surface area (Å²) in [6, 6.07) is 5.98. The van der Waals surface area contributed by atoms with Crippen molar-refractivity contribution >= 4 is 5.69 Å². The topological polar surface area (TPSA) is 40.7 Å². The fraction of sp³-hybridized carbons (Fsp3) is 0.100. The summed E-state index contributed by atoms with van der Waals surface area (Å²) in [5, 5.41) is 3.27. The molecule has 66 valence electrons. The second-order valence-corrected chi connectivity index (χ2v) is 2.81. The van der Waals surface area contributed by atoms with Gasteiger partial charge < -0.3 is 10.3 Å². The number of aromatic amines is 1. The van der Waals surface area contributed by atoms with Gasteiger partial charge in [0.15, 0.2) is 0 Å². The second kappa shape index (κ2) is 3.76. The monoisotopic (exact) mass is 173 g/mol. The van der Waals surface area contributed by atoms with Gasteiger partial charge in [0.1, 0.15) is 0 Å². The molecule has 2 aromatic heterocycles. The Morgan fingerprint density at radius 1 is 1.38 bits per heavy atom. The van der Waals surface area contributed by atoms with E-state index in [1.807, 2.05) is 36.8 Å². The Hall–Kier alpha value is -1.77. The summed E-state index contributed by atoms with van der Waals surface area (Å²) in [4.78, 5) is 7.02. The average Bonchev–Trinajstić information content (AvgIpc) is 2.69. The summed E-state index contributed by atoms with van der Waals surface area (Å²) in [5.41, 5.74) is 2.28. The highest BCUT2D eigenvalue weighted by molar-refractivity contribution is 5.40. The summed E-state index contributed by atoms with van der Waals surface area (Å²) < 4.78 is 0. The summed E-state index contributed by atoms with van der Waals surface area (Å²) in [5.74, 6) is 0. The van der Waals surface area contributed by atoms with Crippen LogP contribution in [0.1, 0.15) is 5.56 Å². The van der Waals surface area contributed by atoms with Crippen molar-refractivity contribution in [3.8, 4) is 0 Å². The largest absolute Gasteiger partial charge is 0.380 e. The maximum atomic E-state index is 4.04. The van der Waals surface area contributed by atoms with Gasteiger partial charge in [-0.3, -0.25) is 4.98 Å². The second-order valence-electron chi connectivity index (χ2n) is 2.81. The van der Waals surface area contributed by atoms with E-state index >= 15 is 0 Å². The lowest BCUT2D eigenvalue weighted by molar-refractivity contribution is 1.11. The third kappa shape index (κ3) is 2.08. The molecule has 0 unspecified atom stereocenters. The molecule has 0 saturated carbocycles. The number of hydrogen-bond donors (Lipinski definition) is 2. The Morgan fingerprint density at radius 3 is 3.08 bits per heavy atom. The van der Waals surface area contributed by atoms with Gasteiger partial charge in [0.2, 0.25) is 0 Å². The molecule has 3 nitrogen and oxygen atoms in total. The van der Waals surface area contributed by atoms with Crippen LogP contribution in [0.4, 0.5) is 5.69 Å². The number of H-pyrrole nitrogens is 1. The maximum absolute atomic E-state index is 4.04. The molecule has 2 aromatic rings. The molecule has 0 aliphatic rings. The summed E-state index contributed by atoms with van der Waals surface area (Å²) >= 11 is 0. The van der Waals surface area contributed by atoms with Crippen molar-refractivity contribution in [1.29, 1.82) is 0 Å². The maximum Gasteiger partial charge on any atom is 0.0520 e. The molecular weight excluding hydrogens is 162 g/mol. The zero-order valence-corrected chi connectivity index (χ0v) is 7.20. The lowest BCUT2D eigenvalue weighted by Crippen LogP contribution is -1.97. The van der Waals surface area contributed by atoms with Crippen molar-refractivity contribution < 1.29 is 0 Å². The molecule has 0 aliphatic carbocycles. The van der Waals surface area contributed by atoms with Crippen LogP contribution in [0.15, 0.2) is 43.0 Å². The first-order chi connectivity index (χ1) is 6.45. The highest BCUT2D eigenvalue weighted by Crippen LogP contribution is 2.05. The van der Waals surface area contributed by atoms with Gasteiger partial charge in [-0.05, 0) is 17.7 Å². The van der Waals surface area contributed by atoms with Crippen molar-refractivity contribution in [3.05, 3.63) is 48.5 Å². The number of pyridine rings is 1. The van der Waals surface area contributed by atoms with Crippen molar-refractivity contribution in [1.82, 2.24) is 9.97 Å². The van der Waals surface area contributed by atoms with E-state index in [4.69, 9.17) is 0 Å². The van der Waals surface area contributed by atoms with E-state index in [0.29, 0.717) is 0 Å². The summed E-state index contributed by atoms with van der Waals surface area (Å²) in [6.07, 6.45) is 7.46. The minimum absolute atomic E-state index is 0.811. The molecule has 0 aromatic carbocycles. The predicted molar refractivity (Wildman–Crippen MR) is 52.4 cm³/mol. The van der Waals surface area contributed by atoms with E-state index in [-0.39, 0.29) is 0 Å². The van der Waals surface area contributed by atoms with Gasteiger partial charge in [-0.2, -0.15) is 0 Å². The van der Waals surface area contributed by atoms with Crippen LogP contribution in [0.2, 0.25) is 0 Å². The fourth-order valence-corrected chi connectivity index (χ4v) is 1.14. The molecule has 3 heteroatoms. The summed E-state index contributed by atoms with van der Waals surface area (Å²) in [6.45, 7) is 0.811. The Bertz CT molecular complexity index is 340. The molecule has 0 fully saturated rings. The van der Waals surface area contributed by atoms with E-state index in [1.165, 1.54) is 5.56 Å². The third-order valence-electron chi connectivity index (χ3n) is 1.82. The van der Waals surface area contributed by atoms with E-state index < -0.39 is 0 Å². The molecule has 0 amide bonds. The Balaban J connectivity index is 1.94. The van der Waals surface area contributed by atoms with Crippen LogP contribution in [0.5, 0.6) is 0 Å². The van der Waals surface area contributed by atoms with E-state index in [0.717, 1.165) is 12.2 Å². The van der Waals surface area contributed by atoms with Crippen molar-refractivity contribution in [3.63, 3.8) is 0 Å². The van der Waals surface area contributed by atoms with Crippen LogP contribution >= 0.6 is 0 Å². The molecule has 0 bridgehead atoms. The van der Waals surface area contributed by atoms with Crippen molar-refractivity contribution in [2.75, 3.05) is 5.32 Å². The van der Waals surface area contributed by atoms with Gasteiger partial charge >= 0.3 is 0 Å². The highest BCUT2D eigenvalue weighted by atomic mass is 14.9. The third-order valence-corrected chi connectivity index (χ3v) is 1.82. The normalized spacial score (nSPS) is 9.85. The molecule has 2 heterocycles. The van der Waals surface area contributed by atoms with Gasteiger partial charge in [-0.1, -0.05) is 6.07 Å².